The van der Waals surface area contributed by atoms with E-state index in [1.54, 1.807) is 0 Å². The van der Waals surface area contributed by atoms with Crippen LogP contribution in [0.1, 0.15) is 39.7 Å². The molecule has 2 N–H and O–H groups in total. The van der Waals surface area contributed by atoms with E-state index >= 15 is 0 Å². The largest absolute Gasteiger partial charge is 0.494 e. The Kier molecular flexibility index (Phi) is 4.24. The molecule has 0 radical (unpaired) electrons. The van der Waals surface area contributed by atoms with Crippen molar-refractivity contribution in [2.24, 2.45) is 5.73 Å². The van der Waals surface area contributed by atoms with Gasteiger partial charge in [-0.3, -0.25) is 0 Å². The summed E-state index contributed by atoms with van der Waals surface area (Å²) >= 11 is 0. The maximum Gasteiger partial charge on any atom is 0.494 e. The molecule has 1 aliphatic rings. The molecule has 1 aromatic carbocycles. The van der Waals surface area contributed by atoms with Crippen LogP contribution in [0.2, 0.25) is 0 Å². The topological polar surface area (TPSA) is 44.5 Å². The Labute approximate surface area is 122 Å². The molecule has 0 unspecified atom stereocenters. The highest BCUT2D eigenvalue weighted by Gasteiger charge is 2.51. The summed E-state index contributed by atoms with van der Waals surface area (Å²) in [4.78, 5) is 0. The van der Waals surface area contributed by atoms with Gasteiger partial charge in [0.05, 0.1) is 11.2 Å². The Hall–Kier alpha value is -1.28. The molecule has 2 rings (SSSR count). The van der Waals surface area contributed by atoms with Crippen molar-refractivity contribution in [1.82, 2.24) is 0 Å². The summed E-state index contributed by atoms with van der Waals surface area (Å²) in [5.74, 6) is 6.15. The van der Waals surface area contributed by atoms with Gasteiger partial charge in [0.2, 0.25) is 0 Å². The maximum absolute atomic E-state index is 6.04. The lowest BCUT2D eigenvalue weighted by Crippen LogP contribution is -2.41. The Bertz CT molecular complexity index is 527. The molecule has 1 saturated heterocycles. The second-order valence-corrected chi connectivity index (χ2v) is 6.05. The summed E-state index contributed by atoms with van der Waals surface area (Å²) in [5, 5.41) is 0. The Morgan fingerprint density at radius 1 is 1.15 bits per heavy atom. The van der Waals surface area contributed by atoms with Crippen LogP contribution in [0.25, 0.3) is 0 Å². The Morgan fingerprint density at radius 2 is 1.80 bits per heavy atom. The zero-order valence-electron chi connectivity index (χ0n) is 12.7. The molecule has 3 nitrogen and oxygen atoms in total. The molecule has 4 heteroatoms. The fraction of sp³-hybridized carbons (Fsp3) is 0.500. The number of hydrogen-bond acceptors (Lipinski definition) is 3. The molecule has 0 amide bonds. The molecule has 0 saturated carbocycles. The van der Waals surface area contributed by atoms with E-state index in [0.717, 1.165) is 11.0 Å². The minimum Gasteiger partial charge on any atom is -0.399 e. The van der Waals surface area contributed by atoms with Crippen LogP contribution in [0, 0.1) is 11.8 Å². The molecule has 1 aliphatic heterocycles. The van der Waals surface area contributed by atoms with Crippen LogP contribution < -0.4 is 11.2 Å². The van der Waals surface area contributed by atoms with Crippen molar-refractivity contribution in [2.45, 2.75) is 45.3 Å². The molecular weight excluding hydrogens is 249 g/mol. The van der Waals surface area contributed by atoms with Gasteiger partial charge >= 0.3 is 7.12 Å². The van der Waals surface area contributed by atoms with Crippen molar-refractivity contribution < 1.29 is 9.31 Å². The van der Waals surface area contributed by atoms with Crippen molar-refractivity contribution >= 4 is 12.6 Å². The number of benzene rings is 1. The van der Waals surface area contributed by atoms with Crippen LogP contribution >= 0.6 is 0 Å². The van der Waals surface area contributed by atoms with Crippen molar-refractivity contribution in [3.63, 3.8) is 0 Å². The first kappa shape index (κ1) is 15.1. The van der Waals surface area contributed by atoms with Crippen LogP contribution in [-0.2, 0) is 9.31 Å². The predicted molar refractivity (Wildman–Crippen MR) is 82.7 cm³/mol. The van der Waals surface area contributed by atoms with Gasteiger partial charge in [-0.2, -0.15) is 0 Å². The smallest absolute Gasteiger partial charge is 0.399 e. The second-order valence-electron chi connectivity index (χ2n) is 6.05. The minimum absolute atomic E-state index is 0.321. The van der Waals surface area contributed by atoms with E-state index in [4.69, 9.17) is 15.0 Å². The van der Waals surface area contributed by atoms with E-state index in [2.05, 4.69) is 39.5 Å². The lowest BCUT2D eigenvalue weighted by Gasteiger charge is -2.32. The minimum atomic E-state index is -0.337. The molecule has 106 valence electrons. The number of nitrogens with two attached hydrogens (primary N) is 1. The van der Waals surface area contributed by atoms with E-state index in [9.17, 15) is 0 Å². The van der Waals surface area contributed by atoms with Gasteiger partial charge < -0.3 is 15.0 Å². The maximum atomic E-state index is 6.04. The Morgan fingerprint density at radius 3 is 2.40 bits per heavy atom. The van der Waals surface area contributed by atoms with Gasteiger partial charge in [-0.15, -0.1) is 0 Å². The van der Waals surface area contributed by atoms with Gasteiger partial charge in [0.25, 0.3) is 0 Å². The van der Waals surface area contributed by atoms with Crippen LogP contribution in [0.5, 0.6) is 0 Å². The van der Waals surface area contributed by atoms with Gasteiger partial charge in [-0.1, -0.05) is 24.0 Å². The third-order valence-electron chi connectivity index (χ3n) is 3.91. The molecule has 0 aromatic heterocycles. The third-order valence-corrected chi connectivity index (χ3v) is 3.91. The molecule has 1 heterocycles. The molecule has 0 aliphatic carbocycles. The highest BCUT2D eigenvalue weighted by molar-refractivity contribution is 6.62. The monoisotopic (exact) mass is 271 g/mol. The summed E-state index contributed by atoms with van der Waals surface area (Å²) in [7, 11) is -0.337. The zero-order chi connectivity index (χ0) is 14.8. The average molecular weight is 271 g/mol. The molecule has 1 fully saturated rings. The van der Waals surface area contributed by atoms with E-state index < -0.39 is 0 Å². The van der Waals surface area contributed by atoms with E-state index in [1.165, 1.54) is 0 Å². The first-order chi connectivity index (χ1) is 9.36. The van der Waals surface area contributed by atoms with Gasteiger partial charge in [0, 0.05) is 18.5 Å². The van der Waals surface area contributed by atoms with Gasteiger partial charge in [0.1, 0.15) is 0 Å². The molecule has 0 bridgehead atoms. The van der Waals surface area contributed by atoms with Crippen molar-refractivity contribution in [3.05, 3.63) is 29.8 Å². The normalized spacial score (nSPS) is 19.6. The summed E-state index contributed by atoms with van der Waals surface area (Å²) in [6.07, 6.45) is 0.709. The molecule has 20 heavy (non-hydrogen) atoms. The zero-order valence-corrected chi connectivity index (χ0v) is 12.7. The standard InChI is InChI=1S/C16H22BNO2/c1-15(2)16(3,4)20-17(19-15)14-10-7-9-13(12-14)8-5-6-11-18/h7,9-10,12H,6,11,18H2,1-4H3. The first-order valence-electron chi connectivity index (χ1n) is 7.00. The fourth-order valence-corrected chi connectivity index (χ4v) is 1.98. The van der Waals surface area contributed by atoms with Gasteiger partial charge in [-0.25, -0.2) is 0 Å². The van der Waals surface area contributed by atoms with E-state index in [1.807, 2.05) is 24.3 Å². The SMILES string of the molecule is CC1(C)OB(c2cccc(C#CCCN)c2)OC1(C)C. The third kappa shape index (κ3) is 3.07. The van der Waals surface area contributed by atoms with Crippen molar-refractivity contribution in [3.8, 4) is 11.8 Å². The number of rotatable bonds is 2. The van der Waals surface area contributed by atoms with Crippen molar-refractivity contribution in [2.75, 3.05) is 6.54 Å². The Balaban J connectivity index is 2.19. The molecular formula is C16H22BNO2. The van der Waals surface area contributed by atoms with E-state index in [0.29, 0.717) is 13.0 Å². The second kappa shape index (κ2) is 5.61. The summed E-state index contributed by atoms with van der Waals surface area (Å²) in [5.41, 5.74) is 6.76. The van der Waals surface area contributed by atoms with Crippen LogP contribution in [0.4, 0.5) is 0 Å². The van der Waals surface area contributed by atoms with Crippen LogP contribution in [0.15, 0.2) is 24.3 Å². The lowest BCUT2D eigenvalue weighted by atomic mass is 9.78. The highest BCUT2D eigenvalue weighted by atomic mass is 16.7. The van der Waals surface area contributed by atoms with Crippen LogP contribution in [-0.4, -0.2) is 24.9 Å². The summed E-state index contributed by atoms with van der Waals surface area (Å²) in [6.45, 7) is 8.80. The van der Waals surface area contributed by atoms with E-state index in [-0.39, 0.29) is 18.3 Å². The average Bonchev–Trinajstić information content (AvgIpc) is 2.59. The molecule has 0 spiro atoms. The fourth-order valence-electron chi connectivity index (χ4n) is 1.98. The quantitative estimate of drug-likeness (QED) is 0.657. The predicted octanol–water partition coefficient (Wildman–Crippen LogP) is 1.69. The first-order valence-corrected chi connectivity index (χ1v) is 7.00. The summed E-state index contributed by atoms with van der Waals surface area (Å²) in [6, 6.07) is 7.99. The summed E-state index contributed by atoms with van der Waals surface area (Å²) < 4.78 is 12.1. The van der Waals surface area contributed by atoms with Gasteiger partial charge in [0.15, 0.2) is 0 Å². The van der Waals surface area contributed by atoms with Gasteiger partial charge in [-0.05, 0) is 45.3 Å². The molecule has 1 aromatic rings. The van der Waals surface area contributed by atoms with Crippen LogP contribution in [0.3, 0.4) is 0 Å². The highest BCUT2D eigenvalue weighted by Crippen LogP contribution is 2.36. The molecule has 0 atom stereocenters. The number of hydrogen-bond donors (Lipinski definition) is 1. The lowest BCUT2D eigenvalue weighted by molar-refractivity contribution is 0.00578. The van der Waals surface area contributed by atoms with Crippen molar-refractivity contribution in [1.29, 1.82) is 0 Å².